The minimum absolute atomic E-state index is 0.364. The predicted octanol–water partition coefficient (Wildman–Crippen LogP) is 3.22. The van der Waals surface area contributed by atoms with Gasteiger partial charge < -0.3 is 5.32 Å². The minimum atomic E-state index is 0.364. The van der Waals surface area contributed by atoms with E-state index in [0.717, 1.165) is 24.5 Å². The lowest BCUT2D eigenvalue weighted by molar-refractivity contribution is 0.516. The lowest BCUT2D eigenvalue weighted by Crippen LogP contribution is -2.19. The Balaban J connectivity index is 2.29. The van der Waals surface area contributed by atoms with Crippen molar-refractivity contribution in [1.82, 2.24) is 25.3 Å². The van der Waals surface area contributed by atoms with E-state index >= 15 is 0 Å². The highest BCUT2D eigenvalue weighted by Gasteiger charge is 2.19. The summed E-state index contributed by atoms with van der Waals surface area (Å²) in [5, 5.41) is 15.5. The van der Waals surface area contributed by atoms with E-state index in [1.54, 1.807) is 0 Å². The molecule has 0 unspecified atom stereocenters. The summed E-state index contributed by atoms with van der Waals surface area (Å²) in [4.78, 5) is 0. The van der Waals surface area contributed by atoms with Crippen molar-refractivity contribution >= 4 is 0 Å². The monoisotopic (exact) mass is 289 g/mol. The van der Waals surface area contributed by atoms with Crippen LogP contribution in [-0.4, -0.2) is 26.5 Å². The van der Waals surface area contributed by atoms with Gasteiger partial charge in [-0.15, -0.1) is 0 Å². The van der Waals surface area contributed by atoms with Crippen LogP contribution in [0.3, 0.4) is 0 Å². The average molecular weight is 289 g/mol. The first-order valence-electron chi connectivity index (χ1n) is 7.70. The molecular formula is C16H27N5. The van der Waals surface area contributed by atoms with Gasteiger partial charge in [0.2, 0.25) is 0 Å². The van der Waals surface area contributed by atoms with Crippen LogP contribution in [-0.2, 0) is 6.54 Å². The van der Waals surface area contributed by atoms with E-state index in [9.17, 15) is 0 Å². The Bertz CT molecular complexity index is 592. The fourth-order valence-corrected chi connectivity index (χ4v) is 2.68. The first-order chi connectivity index (χ1) is 9.91. The highest BCUT2D eigenvalue weighted by Crippen LogP contribution is 2.29. The van der Waals surface area contributed by atoms with Crippen LogP contribution in [0.5, 0.6) is 0 Å². The Hall–Kier alpha value is -1.62. The molecule has 0 fully saturated rings. The highest BCUT2D eigenvalue weighted by atomic mass is 15.3. The Morgan fingerprint density at radius 2 is 1.95 bits per heavy atom. The van der Waals surface area contributed by atoms with Crippen molar-refractivity contribution in [1.29, 1.82) is 0 Å². The topological polar surface area (TPSA) is 58.5 Å². The third-order valence-corrected chi connectivity index (χ3v) is 3.65. The van der Waals surface area contributed by atoms with Crippen LogP contribution in [0.15, 0.2) is 6.20 Å². The number of nitrogens with one attached hydrogen (secondary N) is 2. The third-order valence-electron chi connectivity index (χ3n) is 3.65. The van der Waals surface area contributed by atoms with Crippen LogP contribution < -0.4 is 5.32 Å². The van der Waals surface area contributed by atoms with Crippen molar-refractivity contribution in [3.63, 3.8) is 0 Å². The second kappa shape index (κ2) is 6.43. The Morgan fingerprint density at radius 3 is 2.52 bits per heavy atom. The molecule has 21 heavy (non-hydrogen) atoms. The number of nitrogens with zero attached hydrogens (tertiary/aromatic N) is 3. The number of H-pyrrole nitrogens is 1. The smallest absolute Gasteiger partial charge is 0.0732 e. The molecule has 2 aromatic heterocycles. The predicted molar refractivity (Wildman–Crippen MR) is 86.2 cm³/mol. The van der Waals surface area contributed by atoms with Crippen LogP contribution in [0, 0.1) is 19.8 Å². The van der Waals surface area contributed by atoms with E-state index in [1.165, 1.54) is 16.8 Å². The summed E-state index contributed by atoms with van der Waals surface area (Å²) in [6.45, 7) is 14.8. The van der Waals surface area contributed by atoms with Crippen LogP contribution >= 0.6 is 0 Å². The summed E-state index contributed by atoms with van der Waals surface area (Å²) in [5.41, 5.74) is 5.72. The summed E-state index contributed by atoms with van der Waals surface area (Å²) in [6.07, 6.45) is 1.91. The summed E-state index contributed by atoms with van der Waals surface area (Å²) in [6, 6.07) is 0.364. The van der Waals surface area contributed by atoms with Gasteiger partial charge in [-0.3, -0.25) is 9.78 Å². The van der Waals surface area contributed by atoms with Crippen molar-refractivity contribution in [2.45, 2.75) is 54.1 Å². The van der Waals surface area contributed by atoms with Crippen LogP contribution in [0.25, 0.3) is 11.3 Å². The molecule has 2 N–H and O–H groups in total. The first kappa shape index (κ1) is 15.8. The summed E-state index contributed by atoms with van der Waals surface area (Å²) < 4.78 is 2.08. The van der Waals surface area contributed by atoms with Crippen molar-refractivity contribution < 1.29 is 0 Å². The zero-order chi connectivity index (χ0) is 15.6. The SMILES string of the molecule is Cc1nn(C(C)C)c(C)c1-c1[nH]ncc1CNCC(C)C. The largest absolute Gasteiger partial charge is 0.312 e. The molecule has 0 atom stereocenters. The summed E-state index contributed by atoms with van der Waals surface area (Å²) in [7, 11) is 0. The second-order valence-corrected chi connectivity index (χ2v) is 6.38. The van der Waals surface area contributed by atoms with E-state index in [-0.39, 0.29) is 0 Å². The molecule has 5 heteroatoms. The van der Waals surface area contributed by atoms with E-state index in [2.05, 4.69) is 66.8 Å². The Morgan fingerprint density at radius 1 is 1.24 bits per heavy atom. The number of rotatable bonds is 6. The van der Waals surface area contributed by atoms with E-state index < -0.39 is 0 Å². The minimum Gasteiger partial charge on any atom is -0.312 e. The molecular weight excluding hydrogens is 262 g/mol. The Labute approximate surface area is 127 Å². The number of aromatic nitrogens is 4. The van der Waals surface area contributed by atoms with Gasteiger partial charge in [0, 0.05) is 29.4 Å². The molecule has 0 bridgehead atoms. The van der Waals surface area contributed by atoms with Crippen LogP contribution in [0.4, 0.5) is 0 Å². The number of aromatic amines is 1. The summed E-state index contributed by atoms with van der Waals surface area (Å²) in [5.74, 6) is 0.646. The zero-order valence-electron chi connectivity index (χ0n) is 14.0. The van der Waals surface area contributed by atoms with Crippen LogP contribution in [0.1, 0.15) is 50.7 Å². The fraction of sp³-hybridized carbons (Fsp3) is 0.625. The van der Waals surface area contributed by atoms with Crippen molar-refractivity contribution in [3.05, 3.63) is 23.1 Å². The average Bonchev–Trinajstić information content (AvgIpc) is 2.94. The highest BCUT2D eigenvalue weighted by molar-refractivity contribution is 5.67. The van der Waals surface area contributed by atoms with Gasteiger partial charge in [-0.2, -0.15) is 10.2 Å². The van der Waals surface area contributed by atoms with Gasteiger partial charge in [-0.05, 0) is 40.2 Å². The van der Waals surface area contributed by atoms with E-state index in [4.69, 9.17) is 0 Å². The lowest BCUT2D eigenvalue weighted by atomic mass is 10.1. The second-order valence-electron chi connectivity index (χ2n) is 6.38. The standard InChI is InChI=1S/C16H27N5/c1-10(2)7-17-8-14-9-18-19-16(14)15-12(5)20-21(11(3)4)13(15)6/h9-11,17H,7-8H2,1-6H3,(H,18,19). The molecule has 5 nitrogen and oxygen atoms in total. The zero-order valence-corrected chi connectivity index (χ0v) is 14.0. The van der Waals surface area contributed by atoms with Crippen LogP contribution in [0.2, 0.25) is 0 Å². The molecule has 0 spiro atoms. The molecule has 0 aromatic carbocycles. The maximum Gasteiger partial charge on any atom is 0.0732 e. The fourth-order valence-electron chi connectivity index (χ4n) is 2.68. The van der Waals surface area contributed by atoms with Gasteiger partial charge in [-0.1, -0.05) is 13.8 Å². The molecule has 2 heterocycles. The maximum absolute atomic E-state index is 4.66. The molecule has 2 rings (SSSR count). The lowest BCUT2D eigenvalue weighted by Gasteiger charge is -2.10. The van der Waals surface area contributed by atoms with E-state index in [1.807, 2.05) is 6.20 Å². The van der Waals surface area contributed by atoms with Crippen molar-refractivity contribution in [3.8, 4) is 11.3 Å². The van der Waals surface area contributed by atoms with E-state index in [0.29, 0.717) is 12.0 Å². The van der Waals surface area contributed by atoms with Gasteiger partial charge in [0.15, 0.2) is 0 Å². The molecule has 0 radical (unpaired) electrons. The third kappa shape index (κ3) is 3.35. The molecule has 0 aliphatic carbocycles. The van der Waals surface area contributed by atoms with Gasteiger partial charge in [-0.25, -0.2) is 0 Å². The van der Waals surface area contributed by atoms with Crippen molar-refractivity contribution in [2.24, 2.45) is 5.92 Å². The molecule has 0 saturated carbocycles. The van der Waals surface area contributed by atoms with Gasteiger partial charge >= 0.3 is 0 Å². The molecule has 0 aliphatic heterocycles. The van der Waals surface area contributed by atoms with Gasteiger partial charge in [0.05, 0.1) is 17.6 Å². The van der Waals surface area contributed by atoms with Crippen molar-refractivity contribution in [2.75, 3.05) is 6.54 Å². The first-order valence-corrected chi connectivity index (χ1v) is 7.70. The normalized spacial score (nSPS) is 11.8. The number of hydrogen-bond acceptors (Lipinski definition) is 3. The van der Waals surface area contributed by atoms with Gasteiger partial charge in [0.25, 0.3) is 0 Å². The molecule has 116 valence electrons. The number of hydrogen-bond donors (Lipinski definition) is 2. The summed E-state index contributed by atoms with van der Waals surface area (Å²) >= 11 is 0. The maximum atomic E-state index is 4.66. The van der Waals surface area contributed by atoms with Gasteiger partial charge in [0.1, 0.15) is 0 Å². The molecule has 2 aromatic rings. The quantitative estimate of drug-likeness (QED) is 0.858. The number of aryl methyl sites for hydroxylation is 1. The molecule has 0 saturated heterocycles. The molecule has 0 amide bonds. The molecule has 0 aliphatic rings. The Kier molecular flexibility index (Phi) is 4.83.